The van der Waals surface area contributed by atoms with E-state index in [-0.39, 0.29) is 0 Å². The van der Waals surface area contributed by atoms with Crippen molar-refractivity contribution in [3.63, 3.8) is 0 Å². The van der Waals surface area contributed by atoms with Gasteiger partial charge in [0, 0.05) is 20.7 Å². The van der Waals surface area contributed by atoms with Crippen molar-refractivity contribution in [3.8, 4) is 0 Å². The van der Waals surface area contributed by atoms with Crippen LogP contribution >= 0.6 is 55.1 Å². The largest absolute Gasteiger partial charge is 0.119 e. The summed E-state index contributed by atoms with van der Waals surface area (Å²) >= 11 is 19.4. The van der Waals surface area contributed by atoms with Gasteiger partial charge in [-0.3, -0.25) is 0 Å². The van der Waals surface area contributed by atoms with Crippen LogP contribution in [0.25, 0.3) is 0 Å². The predicted octanol–water partition coefficient (Wildman–Crippen LogP) is 5.35. The van der Waals surface area contributed by atoms with Crippen molar-refractivity contribution >= 4 is 73.5 Å². The van der Waals surface area contributed by atoms with Gasteiger partial charge in [0.05, 0.1) is 0 Å². The Morgan fingerprint density at radius 3 is 1.29 bits per heavy atom. The van der Waals surface area contributed by atoms with Gasteiger partial charge in [0.25, 0.3) is 0 Å². The van der Waals surface area contributed by atoms with Crippen LogP contribution in [0.4, 0.5) is 0 Å². The molecule has 2 aromatic rings. The highest BCUT2D eigenvalue weighted by Gasteiger charge is 2.35. The monoisotopic (exact) mass is 464 g/mol. The second kappa shape index (κ2) is 8.16. The molecule has 0 saturated heterocycles. The van der Waals surface area contributed by atoms with E-state index in [1.54, 1.807) is 0 Å². The molecule has 0 aliphatic rings. The Morgan fingerprint density at radius 2 is 1.00 bits per heavy atom. The Kier molecular flexibility index (Phi) is 6.82. The second-order valence-electron chi connectivity index (χ2n) is 4.97. The first-order chi connectivity index (χ1) is 10.1. The van der Waals surface area contributed by atoms with Crippen LogP contribution in [0.1, 0.15) is 0 Å². The van der Waals surface area contributed by atoms with E-state index in [0.29, 0.717) is 0 Å². The van der Waals surface area contributed by atoms with Crippen molar-refractivity contribution in [2.45, 2.75) is 12.1 Å². The summed E-state index contributed by atoms with van der Waals surface area (Å²) in [4.78, 5) is 0. The molecule has 0 amide bonds. The fourth-order valence-corrected chi connectivity index (χ4v) is 11.0. The molecule has 0 atom stereocenters. The summed E-state index contributed by atoms with van der Waals surface area (Å²) in [6.07, 6.45) is 0. The maximum Gasteiger partial charge on any atom is 0.119 e. The van der Waals surface area contributed by atoms with Crippen molar-refractivity contribution in [2.24, 2.45) is 0 Å². The van der Waals surface area contributed by atoms with E-state index in [1.165, 1.54) is 10.4 Å². The minimum absolute atomic E-state index is 0.787. The lowest BCUT2D eigenvalue weighted by Gasteiger charge is -2.32. The molecule has 0 spiro atoms. The van der Waals surface area contributed by atoms with Crippen LogP contribution in [0.5, 0.6) is 0 Å². The Balaban J connectivity index is 2.56. The minimum Gasteiger partial charge on any atom is -0.0931 e. The van der Waals surface area contributed by atoms with Gasteiger partial charge in [-0.1, -0.05) is 89.7 Å². The Hall–Kier alpha value is 0.197. The Bertz CT molecular complexity index is 516. The molecule has 0 N–H and O–H groups in total. The molecule has 21 heavy (non-hydrogen) atoms. The molecule has 0 bridgehead atoms. The van der Waals surface area contributed by atoms with Crippen molar-refractivity contribution < 1.29 is 0 Å². The van der Waals surface area contributed by atoms with Gasteiger partial charge >= 0.3 is 0 Å². The van der Waals surface area contributed by atoms with E-state index < -0.39 is 8.07 Å². The highest BCUT2D eigenvalue weighted by molar-refractivity contribution is 9.09. The van der Waals surface area contributed by atoms with Crippen molar-refractivity contribution in [1.29, 1.82) is 0 Å². The van der Waals surface area contributed by atoms with Crippen molar-refractivity contribution in [2.75, 3.05) is 10.7 Å². The zero-order valence-electron chi connectivity index (χ0n) is 11.5. The summed E-state index contributed by atoms with van der Waals surface area (Å²) in [6.45, 7) is 0. The molecule has 0 heterocycles. The van der Waals surface area contributed by atoms with E-state index in [2.05, 4.69) is 56.1 Å². The summed E-state index contributed by atoms with van der Waals surface area (Å²) in [5.41, 5.74) is 0. The van der Waals surface area contributed by atoms with Gasteiger partial charge in [0.2, 0.25) is 0 Å². The van der Waals surface area contributed by atoms with E-state index in [9.17, 15) is 0 Å². The lowest BCUT2D eigenvalue weighted by molar-refractivity contribution is 1.33. The molecule has 0 radical (unpaired) electrons. The van der Waals surface area contributed by atoms with E-state index in [4.69, 9.17) is 23.2 Å². The highest BCUT2D eigenvalue weighted by atomic mass is 79.9. The third-order valence-electron chi connectivity index (χ3n) is 3.84. The molecule has 112 valence electrons. The van der Waals surface area contributed by atoms with Gasteiger partial charge in [0.15, 0.2) is 0 Å². The quantitative estimate of drug-likeness (QED) is 0.398. The van der Waals surface area contributed by atoms with Gasteiger partial charge < -0.3 is 0 Å². The topological polar surface area (TPSA) is 0 Å². The van der Waals surface area contributed by atoms with Gasteiger partial charge in [-0.05, 0) is 36.4 Å². The molecular weight excluding hydrogens is 451 g/mol. The third kappa shape index (κ3) is 4.14. The van der Waals surface area contributed by atoms with Crippen molar-refractivity contribution in [1.82, 2.24) is 0 Å². The number of rotatable bonds is 6. The fourth-order valence-electron chi connectivity index (χ4n) is 2.73. The molecule has 0 saturated carbocycles. The number of halogens is 4. The molecule has 2 aromatic carbocycles. The van der Waals surface area contributed by atoms with Crippen LogP contribution in [-0.4, -0.2) is 18.7 Å². The first-order valence-electron chi connectivity index (χ1n) is 6.76. The lowest BCUT2D eigenvalue weighted by atomic mass is 10.4. The average Bonchev–Trinajstić information content (AvgIpc) is 2.48. The standard InChI is InChI=1S/C16H16Br2Cl2Si/c17-9-11-21(12-10-18,15-5-1-13(19)2-6-15)16-7-3-14(20)4-8-16/h1-8H,9-12H2. The first kappa shape index (κ1) is 17.5. The zero-order valence-corrected chi connectivity index (χ0v) is 17.1. The Morgan fingerprint density at radius 1 is 0.667 bits per heavy atom. The molecular formula is C16H16Br2Cl2Si. The van der Waals surface area contributed by atoms with Crippen LogP contribution in [0.2, 0.25) is 22.1 Å². The number of benzene rings is 2. The number of alkyl halides is 2. The first-order valence-corrected chi connectivity index (χ1v) is 12.2. The molecule has 0 aromatic heterocycles. The SMILES string of the molecule is Clc1ccc([Si](CCBr)(CCBr)c2ccc(Cl)cc2)cc1. The van der Waals surface area contributed by atoms with Gasteiger partial charge in [-0.15, -0.1) is 0 Å². The summed E-state index contributed by atoms with van der Waals surface area (Å²) < 4.78 is 0. The summed E-state index contributed by atoms with van der Waals surface area (Å²) in [5.74, 6) is 0. The smallest absolute Gasteiger partial charge is 0.0931 e. The predicted molar refractivity (Wildman–Crippen MR) is 105 cm³/mol. The van der Waals surface area contributed by atoms with Gasteiger partial charge in [0.1, 0.15) is 8.07 Å². The van der Waals surface area contributed by atoms with E-state index >= 15 is 0 Å². The lowest BCUT2D eigenvalue weighted by Crippen LogP contribution is -2.58. The zero-order chi connectivity index (χ0) is 15.3. The normalized spacial score (nSPS) is 11.6. The van der Waals surface area contributed by atoms with Crippen LogP contribution < -0.4 is 10.4 Å². The maximum absolute atomic E-state index is 6.06. The van der Waals surface area contributed by atoms with Gasteiger partial charge in [-0.25, -0.2) is 0 Å². The van der Waals surface area contributed by atoms with Crippen LogP contribution in [0.15, 0.2) is 48.5 Å². The average molecular weight is 467 g/mol. The number of hydrogen-bond acceptors (Lipinski definition) is 0. The molecule has 0 nitrogen and oxygen atoms in total. The molecule has 0 aliphatic heterocycles. The minimum atomic E-state index is -1.80. The molecule has 5 heteroatoms. The van der Waals surface area contributed by atoms with E-state index in [0.717, 1.165) is 32.8 Å². The molecule has 0 aliphatic carbocycles. The highest BCUT2D eigenvalue weighted by Crippen LogP contribution is 2.21. The summed E-state index contributed by atoms with van der Waals surface area (Å²) in [5, 5.41) is 6.42. The van der Waals surface area contributed by atoms with Crippen molar-refractivity contribution in [3.05, 3.63) is 58.6 Å². The molecule has 0 fully saturated rings. The van der Waals surface area contributed by atoms with E-state index in [1.807, 2.05) is 24.3 Å². The van der Waals surface area contributed by atoms with Gasteiger partial charge in [-0.2, -0.15) is 0 Å². The number of hydrogen-bond donors (Lipinski definition) is 0. The second-order valence-corrected chi connectivity index (χ2v) is 11.8. The molecule has 0 unspecified atom stereocenters. The Labute approximate surface area is 154 Å². The van der Waals surface area contributed by atoms with Crippen LogP contribution in [0, 0.1) is 0 Å². The fraction of sp³-hybridized carbons (Fsp3) is 0.250. The summed E-state index contributed by atoms with van der Waals surface area (Å²) in [6, 6.07) is 19.1. The summed E-state index contributed by atoms with van der Waals surface area (Å²) in [7, 11) is -1.80. The van der Waals surface area contributed by atoms with Crippen LogP contribution in [0.3, 0.4) is 0 Å². The maximum atomic E-state index is 6.06. The third-order valence-corrected chi connectivity index (χ3v) is 11.7. The van der Waals surface area contributed by atoms with Crippen LogP contribution in [-0.2, 0) is 0 Å². The molecule has 2 rings (SSSR count).